The Morgan fingerprint density at radius 3 is 3.21 bits per heavy atom. The summed E-state index contributed by atoms with van der Waals surface area (Å²) in [6, 6.07) is 4.16. The molecule has 1 aromatic heterocycles. The molecule has 2 rings (SSSR count). The summed E-state index contributed by atoms with van der Waals surface area (Å²) in [5.74, 6) is 0.789. The number of nitrogens with one attached hydrogen (secondary N) is 1. The number of piperidine rings is 1. The SMILES string of the molecule is Cc1cccnc1C[C@H]1CCCNC1. The zero-order valence-corrected chi connectivity index (χ0v) is 8.79. The van der Waals surface area contributed by atoms with Crippen LogP contribution in [0, 0.1) is 12.8 Å². The summed E-state index contributed by atoms with van der Waals surface area (Å²) in [5, 5.41) is 3.45. The lowest BCUT2D eigenvalue weighted by atomic mass is 9.93. The Morgan fingerprint density at radius 2 is 2.50 bits per heavy atom. The fourth-order valence-electron chi connectivity index (χ4n) is 2.10. The molecular weight excluding hydrogens is 172 g/mol. The highest BCUT2D eigenvalue weighted by Crippen LogP contribution is 2.16. The second-order valence-electron chi connectivity index (χ2n) is 4.18. The van der Waals surface area contributed by atoms with Crippen molar-refractivity contribution >= 4 is 0 Å². The van der Waals surface area contributed by atoms with Gasteiger partial charge in [0.15, 0.2) is 0 Å². The third kappa shape index (κ3) is 2.32. The van der Waals surface area contributed by atoms with Crippen molar-refractivity contribution in [1.29, 1.82) is 0 Å². The summed E-state index contributed by atoms with van der Waals surface area (Å²) in [5.41, 5.74) is 2.61. The monoisotopic (exact) mass is 190 g/mol. The number of rotatable bonds is 2. The molecule has 1 fully saturated rings. The Hall–Kier alpha value is -0.890. The molecule has 1 saturated heterocycles. The maximum absolute atomic E-state index is 4.44. The summed E-state index contributed by atoms with van der Waals surface area (Å²) >= 11 is 0. The van der Waals surface area contributed by atoms with Crippen molar-refractivity contribution in [3.8, 4) is 0 Å². The Bertz CT molecular complexity index is 290. The molecule has 1 N–H and O–H groups in total. The van der Waals surface area contributed by atoms with Crippen LogP contribution in [0.4, 0.5) is 0 Å². The van der Waals surface area contributed by atoms with Gasteiger partial charge < -0.3 is 5.32 Å². The van der Waals surface area contributed by atoms with E-state index in [-0.39, 0.29) is 0 Å². The fourth-order valence-corrected chi connectivity index (χ4v) is 2.10. The third-order valence-corrected chi connectivity index (χ3v) is 3.00. The van der Waals surface area contributed by atoms with Gasteiger partial charge in [-0.2, -0.15) is 0 Å². The molecule has 14 heavy (non-hydrogen) atoms. The molecule has 1 aliphatic heterocycles. The Balaban J connectivity index is 1.99. The zero-order chi connectivity index (χ0) is 9.80. The molecule has 0 amide bonds. The second-order valence-corrected chi connectivity index (χ2v) is 4.18. The first-order chi connectivity index (χ1) is 6.86. The van der Waals surface area contributed by atoms with Crippen LogP contribution in [0.5, 0.6) is 0 Å². The van der Waals surface area contributed by atoms with E-state index in [4.69, 9.17) is 0 Å². The van der Waals surface area contributed by atoms with E-state index in [1.165, 1.54) is 30.6 Å². The van der Waals surface area contributed by atoms with Crippen molar-refractivity contribution in [2.24, 2.45) is 5.92 Å². The molecule has 2 heterocycles. The predicted molar refractivity (Wildman–Crippen MR) is 58.3 cm³/mol. The van der Waals surface area contributed by atoms with Crippen LogP contribution in [0.3, 0.4) is 0 Å². The van der Waals surface area contributed by atoms with Gasteiger partial charge in [0.25, 0.3) is 0 Å². The van der Waals surface area contributed by atoms with Crippen LogP contribution in [0.25, 0.3) is 0 Å². The molecule has 2 heteroatoms. The molecule has 0 spiro atoms. The first-order valence-corrected chi connectivity index (χ1v) is 5.47. The minimum Gasteiger partial charge on any atom is -0.316 e. The van der Waals surface area contributed by atoms with Crippen molar-refractivity contribution in [3.05, 3.63) is 29.6 Å². The fraction of sp³-hybridized carbons (Fsp3) is 0.583. The summed E-state index contributed by atoms with van der Waals surface area (Å²) in [4.78, 5) is 4.44. The number of pyridine rings is 1. The van der Waals surface area contributed by atoms with E-state index in [0.717, 1.165) is 18.9 Å². The smallest absolute Gasteiger partial charge is 0.0435 e. The van der Waals surface area contributed by atoms with Gasteiger partial charge in [0.1, 0.15) is 0 Å². The normalized spacial score (nSPS) is 22.2. The molecule has 0 aliphatic carbocycles. The maximum Gasteiger partial charge on any atom is 0.0435 e. The van der Waals surface area contributed by atoms with Crippen LogP contribution in [0.2, 0.25) is 0 Å². The molecule has 1 aromatic rings. The maximum atomic E-state index is 4.44. The average molecular weight is 190 g/mol. The van der Waals surface area contributed by atoms with Gasteiger partial charge in [-0.1, -0.05) is 6.07 Å². The molecule has 1 aliphatic rings. The van der Waals surface area contributed by atoms with E-state index in [1.54, 1.807) is 0 Å². The van der Waals surface area contributed by atoms with Crippen molar-refractivity contribution in [1.82, 2.24) is 10.3 Å². The molecule has 0 unspecified atom stereocenters. The summed E-state index contributed by atoms with van der Waals surface area (Å²) in [6.07, 6.45) is 5.71. The lowest BCUT2D eigenvalue weighted by Gasteiger charge is -2.22. The Kier molecular flexibility index (Phi) is 3.14. The quantitative estimate of drug-likeness (QED) is 0.771. The summed E-state index contributed by atoms with van der Waals surface area (Å²) in [7, 11) is 0. The zero-order valence-electron chi connectivity index (χ0n) is 8.79. The van der Waals surface area contributed by atoms with Crippen LogP contribution in [-0.4, -0.2) is 18.1 Å². The highest BCUT2D eigenvalue weighted by atomic mass is 14.9. The van der Waals surface area contributed by atoms with Crippen LogP contribution in [0.1, 0.15) is 24.1 Å². The molecule has 0 saturated carbocycles. The van der Waals surface area contributed by atoms with Crippen LogP contribution in [0.15, 0.2) is 18.3 Å². The minimum atomic E-state index is 0.789. The summed E-state index contributed by atoms with van der Waals surface area (Å²) < 4.78 is 0. The highest BCUT2D eigenvalue weighted by molar-refractivity contribution is 5.18. The van der Waals surface area contributed by atoms with Gasteiger partial charge in [-0.25, -0.2) is 0 Å². The topological polar surface area (TPSA) is 24.9 Å². The van der Waals surface area contributed by atoms with Crippen molar-refractivity contribution in [3.63, 3.8) is 0 Å². The van der Waals surface area contributed by atoms with E-state index in [0.29, 0.717) is 0 Å². The number of aryl methyl sites for hydroxylation is 1. The molecule has 76 valence electrons. The molecule has 2 nitrogen and oxygen atoms in total. The van der Waals surface area contributed by atoms with Gasteiger partial charge in [0.2, 0.25) is 0 Å². The van der Waals surface area contributed by atoms with Crippen LogP contribution < -0.4 is 5.32 Å². The third-order valence-electron chi connectivity index (χ3n) is 3.00. The van der Waals surface area contributed by atoms with Gasteiger partial charge >= 0.3 is 0 Å². The van der Waals surface area contributed by atoms with Gasteiger partial charge in [-0.05, 0) is 56.8 Å². The lowest BCUT2D eigenvalue weighted by molar-refractivity contribution is 0.373. The number of aromatic nitrogens is 1. The average Bonchev–Trinajstić information content (AvgIpc) is 2.23. The molecule has 0 bridgehead atoms. The van der Waals surface area contributed by atoms with E-state index in [9.17, 15) is 0 Å². The number of hydrogen-bond donors (Lipinski definition) is 1. The minimum absolute atomic E-state index is 0.789. The Labute approximate surface area is 85.7 Å². The van der Waals surface area contributed by atoms with E-state index in [1.807, 2.05) is 12.3 Å². The first-order valence-electron chi connectivity index (χ1n) is 5.47. The lowest BCUT2D eigenvalue weighted by Crippen LogP contribution is -2.31. The molecule has 1 atom stereocenters. The number of hydrogen-bond acceptors (Lipinski definition) is 2. The largest absolute Gasteiger partial charge is 0.316 e. The van der Waals surface area contributed by atoms with Gasteiger partial charge in [-0.3, -0.25) is 4.98 Å². The van der Waals surface area contributed by atoms with Crippen LogP contribution in [-0.2, 0) is 6.42 Å². The van der Waals surface area contributed by atoms with Gasteiger partial charge in [-0.15, -0.1) is 0 Å². The van der Waals surface area contributed by atoms with Crippen molar-refractivity contribution < 1.29 is 0 Å². The van der Waals surface area contributed by atoms with Crippen molar-refractivity contribution in [2.75, 3.05) is 13.1 Å². The van der Waals surface area contributed by atoms with E-state index >= 15 is 0 Å². The summed E-state index contributed by atoms with van der Waals surface area (Å²) in [6.45, 7) is 4.51. The first kappa shape index (κ1) is 9.66. The second kappa shape index (κ2) is 4.56. The highest BCUT2D eigenvalue weighted by Gasteiger charge is 2.14. The van der Waals surface area contributed by atoms with E-state index < -0.39 is 0 Å². The van der Waals surface area contributed by atoms with Crippen molar-refractivity contribution in [2.45, 2.75) is 26.2 Å². The Morgan fingerprint density at radius 1 is 1.57 bits per heavy atom. The van der Waals surface area contributed by atoms with E-state index in [2.05, 4.69) is 23.3 Å². The predicted octanol–water partition coefficient (Wildman–Crippen LogP) is 1.93. The van der Waals surface area contributed by atoms with Gasteiger partial charge in [0.05, 0.1) is 0 Å². The standard InChI is InChI=1S/C12H18N2/c1-10-4-2-7-14-12(10)8-11-5-3-6-13-9-11/h2,4,7,11,13H,3,5-6,8-9H2,1H3/t11-/m1/s1. The van der Waals surface area contributed by atoms with Crippen LogP contribution >= 0.6 is 0 Å². The number of nitrogens with zero attached hydrogens (tertiary/aromatic N) is 1. The van der Waals surface area contributed by atoms with Gasteiger partial charge in [0, 0.05) is 11.9 Å². The molecule has 0 radical (unpaired) electrons. The molecular formula is C12H18N2. The molecule has 0 aromatic carbocycles.